The average Bonchev–Trinajstić information content (AvgIpc) is 3.17. The van der Waals surface area contributed by atoms with Crippen molar-refractivity contribution in [3.63, 3.8) is 0 Å². The molecule has 0 saturated carbocycles. The first-order valence-corrected chi connectivity index (χ1v) is 11.6. The van der Waals surface area contributed by atoms with Crippen LogP contribution in [0.4, 0.5) is 5.69 Å². The Balaban J connectivity index is 1.39. The normalized spacial score (nSPS) is 11.4. The number of benzene rings is 3. The van der Waals surface area contributed by atoms with E-state index in [0.29, 0.717) is 5.56 Å². The lowest BCUT2D eigenvalue weighted by Crippen LogP contribution is -2.34. The van der Waals surface area contributed by atoms with Crippen LogP contribution in [0, 0.1) is 6.92 Å². The summed E-state index contributed by atoms with van der Waals surface area (Å²) in [5.74, 6) is -0.232. The molecule has 162 valence electrons. The van der Waals surface area contributed by atoms with Crippen molar-refractivity contribution in [2.24, 2.45) is 0 Å². The third-order valence-electron chi connectivity index (χ3n) is 5.17. The van der Waals surface area contributed by atoms with E-state index in [9.17, 15) is 4.79 Å². The quantitative estimate of drug-likeness (QED) is 0.335. The largest absolute Gasteiger partial charge is 0.332 e. The van der Waals surface area contributed by atoms with Gasteiger partial charge in [-0.05, 0) is 84.2 Å². The number of hydrogen-bond acceptors (Lipinski definition) is 4. The molecule has 0 bridgehead atoms. The second-order valence-corrected chi connectivity index (χ2v) is 10.2. The number of hydrogen-bond donors (Lipinski definition) is 2. The van der Waals surface area contributed by atoms with Gasteiger partial charge in [0.2, 0.25) is 0 Å². The summed E-state index contributed by atoms with van der Waals surface area (Å²) in [6.45, 7) is 8.51. The Morgan fingerprint density at radius 2 is 1.66 bits per heavy atom. The topological polar surface area (TPSA) is 54.0 Å². The second-order valence-electron chi connectivity index (χ2n) is 8.80. The van der Waals surface area contributed by atoms with Crippen molar-refractivity contribution >= 4 is 50.5 Å². The Labute approximate surface area is 197 Å². The van der Waals surface area contributed by atoms with E-state index in [1.54, 1.807) is 11.3 Å². The van der Waals surface area contributed by atoms with Crippen LogP contribution in [0.1, 0.15) is 42.3 Å². The van der Waals surface area contributed by atoms with Gasteiger partial charge in [0.25, 0.3) is 5.91 Å². The van der Waals surface area contributed by atoms with Gasteiger partial charge in [-0.2, -0.15) is 0 Å². The average molecular weight is 460 g/mol. The molecular weight excluding hydrogens is 434 g/mol. The molecule has 3 aromatic carbocycles. The summed E-state index contributed by atoms with van der Waals surface area (Å²) in [5.41, 5.74) is 5.89. The second kappa shape index (κ2) is 8.81. The molecule has 2 N–H and O–H groups in total. The van der Waals surface area contributed by atoms with Crippen LogP contribution in [-0.4, -0.2) is 16.0 Å². The molecule has 1 aromatic heterocycles. The van der Waals surface area contributed by atoms with Gasteiger partial charge < -0.3 is 5.32 Å². The summed E-state index contributed by atoms with van der Waals surface area (Å²) >= 11 is 7.00. The number of nitrogens with one attached hydrogen (secondary N) is 2. The standard InChI is InChI=1S/C26H25N3OS2/c1-16-5-14-21-22(15-16)32-24(28-21)18-8-12-20(13-9-18)27-25(31)29-23(30)17-6-10-19(11-7-17)26(2,3)4/h5-15H,1-4H3,(H2,27,29,30,31). The van der Waals surface area contributed by atoms with Crippen LogP contribution in [-0.2, 0) is 5.41 Å². The van der Waals surface area contributed by atoms with E-state index < -0.39 is 0 Å². The number of rotatable bonds is 3. The highest BCUT2D eigenvalue weighted by atomic mass is 32.1. The molecule has 0 saturated heterocycles. The Hall–Kier alpha value is -3.09. The van der Waals surface area contributed by atoms with Gasteiger partial charge in [-0.1, -0.05) is 39.0 Å². The fourth-order valence-corrected chi connectivity index (χ4v) is 4.59. The molecule has 4 rings (SSSR count). The van der Waals surface area contributed by atoms with Crippen molar-refractivity contribution in [3.05, 3.63) is 83.4 Å². The lowest BCUT2D eigenvalue weighted by molar-refractivity contribution is 0.0977. The zero-order chi connectivity index (χ0) is 22.9. The van der Waals surface area contributed by atoms with Crippen LogP contribution in [0.2, 0.25) is 0 Å². The summed E-state index contributed by atoms with van der Waals surface area (Å²) in [5, 5.41) is 7.06. The van der Waals surface area contributed by atoms with Crippen molar-refractivity contribution in [2.45, 2.75) is 33.1 Å². The van der Waals surface area contributed by atoms with Gasteiger partial charge in [0.1, 0.15) is 5.01 Å². The maximum atomic E-state index is 12.5. The number of thiocarbonyl (C=S) groups is 1. The van der Waals surface area contributed by atoms with E-state index in [-0.39, 0.29) is 16.4 Å². The number of aryl methyl sites for hydroxylation is 1. The first-order valence-electron chi connectivity index (χ1n) is 10.4. The number of carbonyl (C=O) groups is 1. The monoisotopic (exact) mass is 459 g/mol. The SMILES string of the molecule is Cc1ccc2nc(-c3ccc(NC(=S)NC(=O)c4ccc(C(C)(C)C)cc4)cc3)sc2c1. The number of aromatic nitrogens is 1. The van der Waals surface area contributed by atoms with Crippen LogP contribution in [0.3, 0.4) is 0 Å². The van der Waals surface area contributed by atoms with Gasteiger partial charge in [-0.15, -0.1) is 11.3 Å². The van der Waals surface area contributed by atoms with Crippen LogP contribution < -0.4 is 10.6 Å². The minimum atomic E-state index is -0.232. The highest BCUT2D eigenvalue weighted by Crippen LogP contribution is 2.31. The van der Waals surface area contributed by atoms with Crippen molar-refractivity contribution in [1.82, 2.24) is 10.3 Å². The minimum absolute atomic E-state index is 0.0440. The van der Waals surface area contributed by atoms with Crippen LogP contribution in [0.5, 0.6) is 0 Å². The van der Waals surface area contributed by atoms with E-state index in [1.165, 1.54) is 15.8 Å². The highest BCUT2D eigenvalue weighted by Gasteiger charge is 2.15. The number of fused-ring (bicyclic) bond motifs is 1. The van der Waals surface area contributed by atoms with Crippen molar-refractivity contribution < 1.29 is 4.79 Å². The van der Waals surface area contributed by atoms with E-state index in [1.807, 2.05) is 48.5 Å². The van der Waals surface area contributed by atoms with Crippen LogP contribution in [0.25, 0.3) is 20.8 Å². The van der Waals surface area contributed by atoms with Crippen LogP contribution >= 0.6 is 23.6 Å². The van der Waals surface area contributed by atoms with Gasteiger partial charge in [-0.25, -0.2) is 4.98 Å². The first kappa shape index (κ1) is 22.1. The summed E-state index contributed by atoms with van der Waals surface area (Å²) in [4.78, 5) is 17.2. The molecule has 0 aliphatic carbocycles. The van der Waals surface area contributed by atoms with Crippen molar-refractivity contribution in [1.29, 1.82) is 0 Å². The smallest absolute Gasteiger partial charge is 0.257 e. The predicted molar refractivity (Wildman–Crippen MR) is 139 cm³/mol. The summed E-state index contributed by atoms with van der Waals surface area (Å²) in [6, 6.07) is 21.8. The highest BCUT2D eigenvalue weighted by molar-refractivity contribution is 7.80. The molecule has 32 heavy (non-hydrogen) atoms. The molecule has 0 aliphatic rings. The molecular formula is C26H25N3OS2. The fraction of sp³-hybridized carbons (Fsp3) is 0.192. The molecule has 6 heteroatoms. The zero-order valence-corrected chi connectivity index (χ0v) is 20.2. The Kier molecular flexibility index (Phi) is 6.09. The van der Waals surface area contributed by atoms with E-state index >= 15 is 0 Å². The molecule has 4 aromatic rings. The molecule has 0 aliphatic heterocycles. The number of nitrogens with zero attached hydrogens (tertiary/aromatic N) is 1. The molecule has 0 atom stereocenters. The van der Waals surface area contributed by atoms with Crippen LogP contribution in [0.15, 0.2) is 66.7 Å². The minimum Gasteiger partial charge on any atom is -0.332 e. The van der Waals surface area contributed by atoms with Gasteiger partial charge in [0.15, 0.2) is 5.11 Å². The van der Waals surface area contributed by atoms with Gasteiger partial charge in [0.05, 0.1) is 10.2 Å². The number of anilines is 1. The summed E-state index contributed by atoms with van der Waals surface area (Å²) in [7, 11) is 0. The summed E-state index contributed by atoms with van der Waals surface area (Å²) < 4.78 is 1.18. The number of carbonyl (C=O) groups excluding carboxylic acids is 1. The Bertz CT molecular complexity index is 1280. The lowest BCUT2D eigenvalue weighted by Gasteiger charge is -2.19. The van der Waals surface area contributed by atoms with Crippen molar-refractivity contribution in [3.8, 4) is 10.6 Å². The molecule has 0 unspecified atom stereocenters. The lowest BCUT2D eigenvalue weighted by atomic mass is 9.87. The zero-order valence-electron chi connectivity index (χ0n) is 18.5. The first-order chi connectivity index (χ1) is 15.2. The third-order valence-corrected chi connectivity index (χ3v) is 6.45. The third kappa shape index (κ3) is 5.03. The Morgan fingerprint density at radius 1 is 0.969 bits per heavy atom. The van der Waals surface area contributed by atoms with E-state index in [0.717, 1.165) is 21.8 Å². The predicted octanol–water partition coefficient (Wildman–Crippen LogP) is 6.70. The van der Waals surface area contributed by atoms with Gasteiger partial charge in [-0.3, -0.25) is 10.1 Å². The molecule has 0 fully saturated rings. The van der Waals surface area contributed by atoms with Gasteiger partial charge >= 0.3 is 0 Å². The van der Waals surface area contributed by atoms with Gasteiger partial charge in [0, 0.05) is 16.8 Å². The fourth-order valence-electron chi connectivity index (χ4n) is 3.31. The number of thiazole rings is 1. The molecule has 1 heterocycles. The van der Waals surface area contributed by atoms with E-state index in [2.05, 4.69) is 56.5 Å². The molecule has 1 amide bonds. The Morgan fingerprint density at radius 3 is 2.31 bits per heavy atom. The maximum absolute atomic E-state index is 12.5. The molecule has 4 nitrogen and oxygen atoms in total. The molecule has 0 radical (unpaired) electrons. The molecule has 0 spiro atoms. The summed E-state index contributed by atoms with van der Waals surface area (Å²) in [6.07, 6.45) is 0. The maximum Gasteiger partial charge on any atom is 0.257 e. The van der Waals surface area contributed by atoms with Crippen molar-refractivity contribution in [2.75, 3.05) is 5.32 Å². The number of amides is 1. The van der Waals surface area contributed by atoms with E-state index in [4.69, 9.17) is 17.2 Å².